The monoisotopic (exact) mass is 330 g/mol. The number of benzene rings is 1. The first-order chi connectivity index (χ1) is 8.91. The Morgan fingerprint density at radius 2 is 2.05 bits per heavy atom. The van der Waals surface area contributed by atoms with Crippen LogP contribution in [-0.4, -0.2) is 15.0 Å². The van der Waals surface area contributed by atoms with Crippen molar-refractivity contribution >= 4 is 21.7 Å². The van der Waals surface area contributed by atoms with Crippen LogP contribution in [0.4, 0.5) is 14.6 Å². The van der Waals surface area contributed by atoms with E-state index in [2.05, 4.69) is 26.2 Å². The van der Waals surface area contributed by atoms with Crippen molar-refractivity contribution in [3.05, 3.63) is 39.5 Å². The molecule has 1 aromatic carbocycles. The summed E-state index contributed by atoms with van der Waals surface area (Å²) in [7, 11) is 0. The predicted octanol–water partition coefficient (Wildman–Crippen LogP) is 3.07. The highest BCUT2D eigenvalue weighted by Crippen LogP contribution is 2.25. The Morgan fingerprint density at radius 1 is 1.37 bits per heavy atom. The number of anilines is 1. The second-order valence-electron chi connectivity index (χ2n) is 4.49. The van der Waals surface area contributed by atoms with E-state index in [1.807, 2.05) is 13.8 Å². The van der Waals surface area contributed by atoms with Gasteiger partial charge in [0.15, 0.2) is 5.82 Å². The van der Waals surface area contributed by atoms with E-state index in [0.717, 1.165) is 0 Å². The highest BCUT2D eigenvalue weighted by Gasteiger charge is 2.18. The molecule has 0 saturated carbocycles. The molecule has 0 aliphatic carbocycles. The van der Waals surface area contributed by atoms with Crippen molar-refractivity contribution in [3.63, 3.8) is 0 Å². The van der Waals surface area contributed by atoms with Crippen LogP contribution < -0.4 is 5.73 Å². The van der Waals surface area contributed by atoms with Crippen LogP contribution in [-0.2, 0) is 6.54 Å². The van der Waals surface area contributed by atoms with Crippen molar-refractivity contribution in [2.75, 3.05) is 5.73 Å². The number of nitrogens with zero attached hydrogens (tertiary/aromatic N) is 3. The lowest BCUT2D eigenvalue weighted by molar-refractivity contribution is 0.513. The maximum atomic E-state index is 13.9. The minimum Gasteiger partial charge on any atom is -0.381 e. The molecule has 0 aliphatic heterocycles. The number of rotatable bonds is 3. The number of halogens is 3. The van der Waals surface area contributed by atoms with Crippen molar-refractivity contribution in [2.24, 2.45) is 0 Å². The number of hydrogen-bond donors (Lipinski definition) is 1. The van der Waals surface area contributed by atoms with Crippen LogP contribution in [0, 0.1) is 11.6 Å². The average molecular weight is 331 g/mol. The van der Waals surface area contributed by atoms with Crippen LogP contribution in [0.15, 0.2) is 16.6 Å². The largest absolute Gasteiger partial charge is 0.381 e. The van der Waals surface area contributed by atoms with E-state index in [-0.39, 0.29) is 28.3 Å². The standard InChI is InChI=1S/C12H13BrF2N4/c1-6(2)11-12(16)17-18-19(11)5-7-9(14)4-3-8(13)10(7)15/h3-4,6H,5,16H2,1-2H3. The van der Waals surface area contributed by atoms with Gasteiger partial charge >= 0.3 is 0 Å². The second-order valence-corrected chi connectivity index (χ2v) is 5.35. The topological polar surface area (TPSA) is 56.7 Å². The summed E-state index contributed by atoms with van der Waals surface area (Å²) in [6.45, 7) is 3.78. The molecule has 102 valence electrons. The molecule has 4 nitrogen and oxygen atoms in total. The number of nitrogens with two attached hydrogens (primary N) is 1. The Hall–Kier alpha value is -1.50. The van der Waals surface area contributed by atoms with Crippen molar-refractivity contribution < 1.29 is 8.78 Å². The molecule has 2 rings (SSSR count). The zero-order valence-corrected chi connectivity index (χ0v) is 12.1. The van der Waals surface area contributed by atoms with Gasteiger partial charge in [-0.2, -0.15) is 0 Å². The fraction of sp³-hybridized carbons (Fsp3) is 0.333. The molecule has 0 saturated heterocycles. The molecule has 0 radical (unpaired) electrons. The third kappa shape index (κ3) is 2.60. The van der Waals surface area contributed by atoms with Crippen LogP contribution in [0.25, 0.3) is 0 Å². The molecular formula is C12H13BrF2N4. The van der Waals surface area contributed by atoms with Gasteiger partial charge in [-0.3, -0.25) is 0 Å². The van der Waals surface area contributed by atoms with Gasteiger partial charge in [0, 0.05) is 5.56 Å². The summed E-state index contributed by atoms with van der Waals surface area (Å²) >= 11 is 3.03. The first-order valence-corrected chi connectivity index (χ1v) is 6.52. The summed E-state index contributed by atoms with van der Waals surface area (Å²) in [4.78, 5) is 0. The molecule has 0 spiro atoms. The molecule has 0 unspecified atom stereocenters. The van der Waals surface area contributed by atoms with E-state index in [1.165, 1.54) is 16.8 Å². The molecule has 2 N–H and O–H groups in total. The van der Waals surface area contributed by atoms with Gasteiger partial charge in [-0.25, -0.2) is 13.5 Å². The molecular weight excluding hydrogens is 318 g/mol. The number of hydrogen-bond acceptors (Lipinski definition) is 3. The summed E-state index contributed by atoms with van der Waals surface area (Å²) < 4.78 is 29.2. The average Bonchev–Trinajstić information content (AvgIpc) is 2.71. The maximum Gasteiger partial charge on any atom is 0.169 e. The summed E-state index contributed by atoms with van der Waals surface area (Å²) in [6, 6.07) is 2.53. The van der Waals surface area contributed by atoms with Crippen LogP contribution in [0.2, 0.25) is 0 Å². The van der Waals surface area contributed by atoms with Gasteiger partial charge in [-0.1, -0.05) is 19.1 Å². The Morgan fingerprint density at radius 3 is 2.68 bits per heavy atom. The molecule has 2 aromatic rings. The van der Waals surface area contributed by atoms with Gasteiger partial charge in [0.05, 0.1) is 16.7 Å². The molecule has 0 atom stereocenters. The lowest BCUT2D eigenvalue weighted by Crippen LogP contribution is -2.11. The molecule has 0 aliphatic rings. The Labute approximate surface area is 117 Å². The fourth-order valence-corrected chi connectivity index (χ4v) is 2.28. The van der Waals surface area contributed by atoms with Gasteiger partial charge in [0.2, 0.25) is 0 Å². The van der Waals surface area contributed by atoms with Crippen LogP contribution >= 0.6 is 15.9 Å². The minimum absolute atomic E-state index is 0.0468. The van der Waals surface area contributed by atoms with Crippen LogP contribution in [0.5, 0.6) is 0 Å². The van der Waals surface area contributed by atoms with Gasteiger partial charge in [-0.05, 0) is 34.0 Å². The highest BCUT2D eigenvalue weighted by atomic mass is 79.9. The van der Waals surface area contributed by atoms with Gasteiger partial charge in [0.25, 0.3) is 0 Å². The molecule has 1 heterocycles. The van der Waals surface area contributed by atoms with Crippen molar-refractivity contribution in [3.8, 4) is 0 Å². The zero-order valence-electron chi connectivity index (χ0n) is 10.5. The van der Waals surface area contributed by atoms with Crippen LogP contribution in [0.1, 0.15) is 31.0 Å². The highest BCUT2D eigenvalue weighted by molar-refractivity contribution is 9.10. The number of nitrogen functional groups attached to an aromatic ring is 1. The van der Waals surface area contributed by atoms with Crippen molar-refractivity contribution in [1.29, 1.82) is 0 Å². The van der Waals surface area contributed by atoms with E-state index in [4.69, 9.17) is 5.73 Å². The molecule has 0 bridgehead atoms. The maximum absolute atomic E-state index is 13.9. The quantitative estimate of drug-likeness (QED) is 0.880. The Balaban J connectivity index is 2.45. The lowest BCUT2D eigenvalue weighted by atomic mass is 10.1. The van der Waals surface area contributed by atoms with Crippen molar-refractivity contribution in [2.45, 2.75) is 26.3 Å². The molecule has 0 fully saturated rings. The molecule has 19 heavy (non-hydrogen) atoms. The van der Waals surface area contributed by atoms with Crippen molar-refractivity contribution in [1.82, 2.24) is 15.0 Å². The first kappa shape index (κ1) is 13.9. The zero-order chi connectivity index (χ0) is 14.2. The summed E-state index contributed by atoms with van der Waals surface area (Å²) in [5, 5.41) is 7.59. The minimum atomic E-state index is -0.635. The lowest BCUT2D eigenvalue weighted by Gasteiger charge is -2.11. The number of aromatic nitrogens is 3. The summed E-state index contributed by atoms with van der Waals surface area (Å²) in [6.07, 6.45) is 0. The second kappa shape index (κ2) is 5.24. The third-order valence-electron chi connectivity index (χ3n) is 2.79. The van der Waals surface area contributed by atoms with E-state index in [1.54, 1.807) is 0 Å². The smallest absolute Gasteiger partial charge is 0.169 e. The Kier molecular flexibility index (Phi) is 3.84. The predicted molar refractivity (Wildman–Crippen MR) is 71.7 cm³/mol. The first-order valence-electron chi connectivity index (χ1n) is 5.73. The fourth-order valence-electron chi connectivity index (χ4n) is 1.91. The molecule has 7 heteroatoms. The third-order valence-corrected chi connectivity index (χ3v) is 3.41. The van der Waals surface area contributed by atoms with Gasteiger partial charge < -0.3 is 5.73 Å². The van der Waals surface area contributed by atoms with E-state index < -0.39 is 11.6 Å². The van der Waals surface area contributed by atoms with E-state index >= 15 is 0 Å². The normalized spacial score (nSPS) is 11.3. The van der Waals surface area contributed by atoms with E-state index in [0.29, 0.717) is 5.69 Å². The summed E-state index contributed by atoms with van der Waals surface area (Å²) in [5.41, 5.74) is 6.31. The van der Waals surface area contributed by atoms with E-state index in [9.17, 15) is 8.78 Å². The molecule has 0 amide bonds. The summed E-state index contributed by atoms with van der Waals surface area (Å²) in [5.74, 6) is -0.910. The van der Waals surface area contributed by atoms with Gasteiger partial charge in [0.1, 0.15) is 11.6 Å². The SMILES string of the molecule is CC(C)c1c(N)nnn1Cc1c(F)ccc(Br)c1F. The Bertz CT molecular complexity index is 610. The van der Waals surface area contributed by atoms with Crippen LogP contribution in [0.3, 0.4) is 0 Å². The van der Waals surface area contributed by atoms with Gasteiger partial charge in [-0.15, -0.1) is 5.10 Å². The molecule has 1 aromatic heterocycles.